The van der Waals surface area contributed by atoms with E-state index in [1.54, 1.807) is 0 Å². The van der Waals surface area contributed by atoms with Gasteiger partial charge in [-0.25, -0.2) is 4.79 Å². The Labute approximate surface area is 177 Å². The van der Waals surface area contributed by atoms with Crippen molar-refractivity contribution in [1.29, 1.82) is 0 Å². The number of amides is 3. The lowest BCUT2D eigenvalue weighted by atomic mass is 10.1. The number of aliphatic carboxylic acids is 2. The van der Waals surface area contributed by atoms with Gasteiger partial charge in [-0.3, -0.25) is 24.2 Å². The van der Waals surface area contributed by atoms with Crippen LogP contribution in [0.4, 0.5) is 0 Å². The summed E-state index contributed by atoms with van der Waals surface area (Å²) in [6.45, 7) is 0.733. The van der Waals surface area contributed by atoms with E-state index in [9.17, 15) is 24.0 Å². The first-order valence-electron chi connectivity index (χ1n) is 9.16. The predicted octanol–water partition coefficient (Wildman–Crippen LogP) is -4.61. The molecule has 3 amide bonds. The summed E-state index contributed by atoms with van der Waals surface area (Å²) in [6, 6.07) is -5.39. The minimum absolute atomic E-state index is 0.0532. The zero-order valence-electron chi connectivity index (χ0n) is 16.9. The molecule has 0 aromatic heterocycles. The standard InChI is InChI=1S/C16H29N7O8/c1-7(12(27)23-10(15(30)31)5-11(25)26)21-14(29)9(3-2-4-20-16(18)19)22-13(28)8(17)6-24/h7-10,24H,2-6,17H2,1H3,(H,21,29)(H,22,28)(H,23,27)(H,25,26)(H,30,31)(H4,18,19,20). The zero-order chi connectivity index (χ0) is 24.1. The van der Waals surface area contributed by atoms with Gasteiger partial charge in [-0.1, -0.05) is 0 Å². The van der Waals surface area contributed by atoms with E-state index in [2.05, 4.69) is 15.6 Å². The van der Waals surface area contributed by atoms with Crippen molar-refractivity contribution in [3.63, 3.8) is 0 Å². The quantitative estimate of drug-likeness (QED) is 0.0693. The Bertz CT molecular complexity index is 695. The molecule has 0 aromatic rings. The number of nitrogens with two attached hydrogens (primary N) is 3. The van der Waals surface area contributed by atoms with E-state index in [1.807, 2.05) is 5.32 Å². The summed E-state index contributed by atoms with van der Waals surface area (Å²) in [5, 5.41) is 33.3. The van der Waals surface area contributed by atoms with E-state index in [4.69, 9.17) is 32.5 Å². The third kappa shape index (κ3) is 11.3. The fourth-order valence-electron chi connectivity index (χ4n) is 2.18. The fourth-order valence-corrected chi connectivity index (χ4v) is 2.18. The molecule has 0 aromatic carbocycles. The third-order valence-electron chi connectivity index (χ3n) is 3.86. The average Bonchev–Trinajstić information content (AvgIpc) is 2.67. The van der Waals surface area contributed by atoms with Gasteiger partial charge in [0, 0.05) is 6.54 Å². The van der Waals surface area contributed by atoms with Crippen LogP contribution in [0.1, 0.15) is 26.2 Å². The number of hydrogen-bond acceptors (Lipinski definition) is 8. The minimum Gasteiger partial charge on any atom is -0.481 e. The second kappa shape index (κ2) is 13.7. The van der Waals surface area contributed by atoms with Crippen molar-refractivity contribution in [3.05, 3.63) is 0 Å². The number of hydrogen-bond donors (Lipinski definition) is 9. The minimum atomic E-state index is -1.69. The molecular weight excluding hydrogens is 418 g/mol. The van der Waals surface area contributed by atoms with Crippen molar-refractivity contribution < 1.29 is 39.3 Å². The van der Waals surface area contributed by atoms with Crippen molar-refractivity contribution in [1.82, 2.24) is 16.0 Å². The van der Waals surface area contributed by atoms with Gasteiger partial charge in [0.05, 0.1) is 13.0 Å². The van der Waals surface area contributed by atoms with Crippen molar-refractivity contribution in [3.8, 4) is 0 Å². The molecule has 0 aliphatic rings. The van der Waals surface area contributed by atoms with E-state index in [-0.39, 0.29) is 25.3 Å². The molecule has 0 aliphatic heterocycles. The van der Waals surface area contributed by atoms with Crippen LogP contribution in [-0.2, 0) is 24.0 Å². The summed E-state index contributed by atoms with van der Waals surface area (Å²) in [5.74, 6) is -5.71. The monoisotopic (exact) mass is 447 g/mol. The van der Waals surface area contributed by atoms with Gasteiger partial charge >= 0.3 is 11.9 Å². The van der Waals surface area contributed by atoms with Gasteiger partial charge in [0.25, 0.3) is 0 Å². The summed E-state index contributed by atoms with van der Waals surface area (Å²) in [7, 11) is 0. The molecule has 176 valence electrons. The number of carboxylic acids is 2. The van der Waals surface area contributed by atoms with Crippen LogP contribution >= 0.6 is 0 Å². The smallest absolute Gasteiger partial charge is 0.326 e. The number of nitrogens with one attached hydrogen (secondary N) is 3. The van der Waals surface area contributed by atoms with Crippen LogP contribution in [-0.4, -0.2) is 88.3 Å². The van der Waals surface area contributed by atoms with Gasteiger partial charge in [-0.05, 0) is 19.8 Å². The van der Waals surface area contributed by atoms with Crippen molar-refractivity contribution >= 4 is 35.6 Å². The Morgan fingerprint density at radius 2 is 1.52 bits per heavy atom. The van der Waals surface area contributed by atoms with Crippen LogP contribution in [0.15, 0.2) is 4.99 Å². The van der Waals surface area contributed by atoms with Crippen LogP contribution in [0, 0.1) is 0 Å². The van der Waals surface area contributed by atoms with Crippen molar-refractivity contribution in [2.75, 3.05) is 13.2 Å². The molecule has 0 rings (SSSR count). The maximum Gasteiger partial charge on any atom is 0.326 e. The van der Waals surface area contributed by atoms with E-state index < -0.39 is 66.9 Å². The summed E-state index contributed by atoms with van der Waals surface area (Å²) in [6.07, 6.45) is -0.535. The lowest BCUT2D eigenvalue weighted by molar-refractivity contribution is -0.147. The maximum absolute atomic E-state index is 12.5. The number of aliphatic imine (C=N–C) groups is 1. The highest BCUT2D eigenvalue weighted by molar-refractivity contribution is 5.94. The van der Waals surface area contributed by atoms with Gasteiger partial charge in [-0.2, -0.15) is 0 Å². The van der Waals surface area contributed by atoms with Crippen LogP contribution in [0.5, 0.6) is 0 Å². The Balaban J connectivity index is 5.11. The lowest BCUT2D eigenvalue weighted by Crippen LogP contribution is -2.56. The van der Waals surface area contributed by atoms with Crippen LogP contribution in [0.2, 0.25) is 0 Å². The number of aliphatic hydroxyl groups excluding tert-OH is 1. The Kier molecular flexibility index (Phi) is 12.2. The third-order valence-corrected chi connectivity index (χ3v) is 3.86. The molecule has 0 aliphatic carbocycles. The highest BCUT2D eigenvalue weighted by Crippen LogP contribution is 2.01. The van der Waals surface area contributed by atoms with Gasteiger partial charge in [0.1, 0.15) is 24.2 Å². The average molecular weight is 447 g/mol. The molecule has 0 bridgehead atoms. The number of rotatable bonds is 14. The summed E-state index contributed by atoms with van der Waals surface area (Å²) in [5.41, 5.74) is 15.8. The van der Waals surface area contributed by atoms with Gasteiger partial charge in [0.2, 0.25) is 17.7 Å². The molecule has 0 fully saturated rings. The number of carbonyl (C=O) groups excluding carboxylic acids is 3. The van der Waals surface area contributed by atoms with Crippen LogP contribution in [0.3, 0.4) is 0 Å². The molecule has 15 nitrogen and oxygen atoms in total. The molecule has 0 saturated carbocycles. The molecule has 0 radical (unpaired) electrons. The van der Waals surface area contributed by atoms with Gasteiger partial charge < -0.3 is 48.5 Å². The fraction of sp³-hybridized carbons (Fsp3) is 0.625. The normalized spacial score (nSPS) is 14.3. The molecule has 4 atom stereocenters. The number of aliphatic hydroxyl groups is 1. The van der Waals surface area contributed by atoms with Crippen LogP contribution in [0.25, 0.3) is 0 Å². The van der Waals surface area contributed by atoms with Gasteiger partial charge in [-0.15, -0.1) is 0 Å². The first-order valence-corrected chi connectivity index (χ1v) is 9.16. The number of guanidine groups is 1. The molecule has 31 heavy (non-hydrogen) atoms. The summed E-state index contributed by atoms with van der Waals surface area (Å²) >= 11 is 0. The number of carbonyl (C=O) groups is 5. The SMILES string of the molecule is CC(NC(=O)C(CCCN=C(N)N)NC(=O)C(N)CO)C(=O)NC(CC(=O)O)C(=O)O. The Morgan fingerprint density at radius 3 is 2.00 bits per heavy atom. The first-order chi connectivity index (χ1) is 14.4. The highest BCUT2D eigenvalue weighted by Gasteiger charge is 2.29. The molecule has 15 heteroatoms. The number of carboxylic acid groups (broad SMARTS) is 2. The number of nitrogens with zero attached hydrogens (tertiary/aromatic N) is 1. The largest absolute Gasteiger partial charge is 0.481 e. The van der Waals surface area contributed by atoms with E-state index in [0.29, 0.717) is 0 Å². The predicted molar refractivity (Wildman–Crippen MR) is 106 cm³/mol. The topological polar surface area (TPSA) is 273 Å². The first kappa shape index (κ1) is 27.5. The molecule has 12 N–H and O–H groups in total. The second-order valence-electron chi connectivity index (χ2n) is 6.53. The van der Waals surface area contributed by atoms with Crippen LogP contribution < -0.4 is 33.2 Å². The molecule has 0 saturated heterocycles. The van der Waals surface area contributed by atoms with E-state index in [1.165, 1.54) is 6.92 Å². The summed E-state index contributed by atoms with van der Waals surface area (Å²) < 4.78 is 0. The van der Waals surface area contributed by atoms with Crippen molar-refractivity contribution in [2.45, 2.75) is 50.4 Å². The molecule has 0 heterocycles. The van der Waals surface area contributed by atoms with Crippen molar-refractivity contribution in [2.24, 2.45) is 22.2 Å². The Morgan fingerprint density at radius 1 is 0.935 bits per heavy atom. The molecule has 4 unspecified atom stereocenters. The van der Waals surface area contributed by atoms with E-state index in [0.717, 1.165) is 0 Å². The Hall–Kier alpha value is -3.46. The second-order valence-corrected chi connectivity index (χ2v) is 6.53. The molecular formula is C16H29N7O8. The van der Waals surface area contributed by atoms with Gasteiger partial charge in [0.15, 0.2) is 5.96 Å². The molecule has 0 spiro atoms. The highest BCUT2D eigenvalue weighted by atomic mass is 16.4. The maximum atomic E-state index is 12.5. The zero-order valence-corrected chi connectivity index (χ0v) is 16.9. The van der Waals surface area contributed by atoms with E-state index >= 15 is 0 Å². The summed E-state index contributed by atoms with van der Waals surface area (Å²) in [4.78, 5) is 62.1. The lowest BCUT2D eigenvalue weighted by Gasteiger charge is -2.23.